The van der Waals surface area contributed by atoms with Crippen LogP contribution in [0.2, 0.25) is 0 Å². The van der Waals surface area contributed by atoms with Crippen LogP contribution in [0.1, 0.15) is 66.4 Å². The number of aryl methyl sites for hydroxylation is 1. The van der Waals surface area contributed by atoms with Gasteiger partial charge in [0.15, 0.2) is 0 Å². The summed E-state index contributed by atoms with van der Waals surface area (Å²) in [6.07, 6.45) is 6.28. The Hall–Kier alpha value is -1.55. The van der Waals surface area contributed by atoms with E-state index in [-0.39, 0.29) is 11.5 Å². The molecule has 3 aliphatic rings. The van der Waals surface area contributed by atoms with Gasteiger partial charge in [-0.15, -0.1) is 0 Å². The number of amides is 1. The number of benzene rings is 1. The summed E-state index contributed by atoms with van der Waals surface area (Å²) in [5.74, 6) is 1.94. The van der Waals surface area contributed by atoms with Crippen LogP contribution in [-0.2, 0) is 6.42 Å². The van der Waals surface area contributed by atoms with Crippen LogP contribution in [0, 0.1) is 17.3 Å². The van der Waals surface area contributed by atoms with Crippen molar-refractivity contribution < 1.29 is 14.6 Å². The quantitative estimate of drug-likeness (QED) is 0.876. The molecule has 4 rings (SSSR count). The predicted molar refractivity (Wildman–Crippen MR) is 92.1 cm³/mol. The highest BCUT2D eigenvalue weighted by atomic mass is 16.5. The van der Waals surface area contributed by atoms with E-state index >= 15 is 0 Å². The zero-order valence-electron chi connectivity index (χ0n) is 14.5. The summed E-state index contributed by atoms with van der Waals surface area (Å²) in [5, 5.41) is 10.5. The smallest absolute Gasteiger partial charge is 0.252 e. The molecule has 0 aromatic heterocycles. The molecule has 1 aromatic rings. The monoisotopic (exact) mass is 329 g/mol. The third-order valence-electron chi connectivity index (χ3n) is 7.26. The molecule has 0 bridgehead atoms. The molecular formula is C20H27NO3. The van der Waals surface area contributed by atoms with Crippen molar-refractivity contribution in [2.45, 2.75) is 57.5 Å². The summed E-state index contributed by atoms with van der Waals surface area (Å²) in [4.78, 5) is 11.7. The maximum atomic E-state index is 11.7. The fraction of sp³-hybridized carbons (Fsp3) is 0.650. The molecule has 4 unspecified atom stereocenters. The second-order valence-corrected chi connectivity index (χ2v) is 8.17. The number of hydrogen-bond acceptors (Lipinski definition) is 3. The summed E-state index contributed by atoms with van der Waals surface area (Å²) in [6.45, 7) is 2.29. The maximum absolute atomic E-state index is 11.7. The van der Waals surface area contributed by atoms with Crippen molar-refractivity contribution in [3.8, 4) is 5.75 Å². The number of nitrogens with two attached hydrogens (primary N) is 1. The summed E-state index contributed by atoms with van der Waals surface area (Å²) in [5.41, 5.74) is 8.70. The first-order valence-electron chi connectivity index (χ1n) is 9.14. The molecule has 0 saturated heterocycles. The molecule has 1 aromatic carbocycles. The van der Waals surface area contributed by atoms with Gasteiger partial charge in [0.05, 0.1) is 18.8 Å². The normalized spacial score (nSPS) is 37.3. The van der Waals surface area contributed by atoms with Crippen LogP contribution in [0.15, 0.2) is 12.1 Å². The average molecular weight is 329 g/mol. The molecule has 5 atom stereocenters. The first-order chi connectivity index (χ1) is 11.5. The van der Waals surface area contributed by atoms with Crippen molar-refractivity contribution in [2.75, 3.05) is 7.11 Å². The lowest BCUT2D eigenvalue weighted by molar-refractivity contribution is -0.0226. The fourth-order valence-electron chi connectivity index (χ4n) is 5.93. The van der Waals surface area contributed by atoms with Crippen LogP contribution in [-0.4, -0.2) is 24.2 Å². The summed E-state index contributed by atoms with van der Waals surface area (Å²) >= 11 is 0. The zero-order chi connectivity index (χ0) is 17.1. The number of primary amides is 1. The first kappa shape index (κ1) is 15.9. The number of aliphatic hydroxyl groups is 1. The van der Waals surface area contributed by atoms with Crippen LogP contribution in [0.5, 0.6) is 5.75 Å². The number of rotatable bonds is 2. The van der Waals surface area contributed by atoms with E-state index < -0.39 is 5.91 Å². The molecule has 4 heteroatoms. The molecule has 3 aliphatic carbocycles. The van der Waals surface area contributed by atoms with Crippen molar-refractivity contribution in [3.05, 3.63) is 28.8 Å². The van der Waals surface area contributed by atoms with Gasteiger partial charge in [0.1, 0.15) is 5.75 Å². The fourth-order valence-corrected chi connectivity index (χ4v) is 5.93. The molecule has 0 heterocycles. The van der Waals surface area contributed by atoms with Gasteiger partial charge in [-0.25, -0.2) is 0 Å². The molecule has 4 nitrogen and oxygen atoms in total. The van der Waals surface area contributed by atoms with E-state index in [1.807, 2.05) is 6.07 Å². The van der Waals surface area contributed by atoms with Gasteiger partial charge in [-0.3, -0.25) is 4.79 Å². The maximum Gasteiger partial charge on any atom is 0.252 e. The lowest BCUT2D eigenvalue weighted by atomic mass is 9.55. The van der Waals surface area contributed by atoms with E-state index in [9.17, 15) is 9.90 Å². The third kappa shape index (κ3) is 2.12. The van der Waals surface area contributed by atoms with Gasteiger partial charge in [0.25, 0.3) is 5.91 Å². The van der Waals surface area contributed by atoms with Gasteiger partial charge < -0.3 is 15.6 Å². The summed E-state index contributed by atoms with van der Waals surface area (Å²) < 4.78 is 5.44. The molecule has 130 valence electrons. The van der Waals surface area contributed by atoms with Crippen LogP contribution < -0.4 is 10.5 Å². The minimum Gasteiger partial charge on any atom is -0.496 e. The SMILES string of the molecule is COc1cc2c(cc1C(N)=O)CCC1C2CC[C@]2(C)C(O)CCC12. The molecule has 24 heavy (non-hydrogen) atoms. The minimum atomic E-state index is -0.424. The van der Waals surface area contributed by atoms with E-state index in [0.717, 1.165) is 38.5 Å². The Balaban J connectivity index is 1.74. The Labute approximate surface area is 143 Å². The van der Waals surface area contributed by atoms with Gasteiger partial charge in [-0.1, -0.05) is 6.92 Å². The largest absolute Gasteiger partial charge is 0.496 e. The van der Waals surface area contributed by atoms with E-state index in [4.69, 9.17) is 10.5 Å². The van der Waals surface area contributed by atoms with Crippen LogP contribution >= 0.6 is 0 Å². The zero-order valence-corrected chi connectivity index (χ0v) is 14.5. The third-order valence-corrected chi connectivity index (χ3v) is 7.26. The molecular weight excluding hydrogens is 302 g/mol. The Morgan fingerprint density at radius 2 is 2.08 bits per heavy atom. The number of fused-ring (bicyclic) bond motifs is 5. The van der Waals surface area contributed by atoms with Crippen LogP contribution in [0.3, 0.4) is 0 Å². The minimum absolute atomic E-state index is 0.0932. The van der Waals surface area contributed by atoms with E-state index in [1.165, 1.54) is 11.1 Å². The topological polar surface area (TPSA) is 72.5 Å². The second-order valence-electron chi connectivity index (χ2n) is 8.17. The number of aliphatic hydroxyl groups excluding tert-OH is 1. The van der Waals surface area contributed by atoms with Crippen molar-refractivity contribution in [1.82, 2.24) is 0 Å². The van der Waals surface area contributed by atoms with E-state index in [2.05, 4.69) is 13.0 Å². The van der Waals surface area contributed by atoms with Gasteiger partial charge >= 0.3 is 0 Å². The molecule has 2 fully saturated rings. The Morgan fingerprint density at radius 3 is 2.79 bits per heavy atom. The standard InChI is InChI=1S/C20H27NO3/c1-20-8-7-12-13(16(20)5-6-18(20)22)4-3-11-9-15(19(21)23)17(24-2)10-14(11)12/h9-10,12-13,16,18,22H,3-8H2,1-2H3,(H2,21,23)/t12?,13?,16?,18?,20-/m0/s1. The van der Waals surface area contributed by atoms with Crippen molar-refractivity contribution in [3.63, 3.8) is 0 Å². The van der Waals surface area contributed by atoms with Gasteiger partial charge in [-0.2, -0.15) is 0 Å². The summed E-state index contributed by atoms with van der Waals surface area (Å²) in [7, 11) is 1.60. The number of ether oxygens (including phenoxy) is 1. The van der Waals surface area contributed by atoms with E-state index in [1.54, 1.807) is 7.11 Å². The Kier molecular flexibility index (Phi) is 3.64. The van der Waals surface area contributed by atoms with E-state index in [0.29, 0.717) is 29.1 Å². The van der Waals surface area contributed by atoms with Gasteiger partial charge in [0.2, 0.25) is 0 Å². The van der Waals surface area contributed by atoms with Gasteiger partial charge in [0, 0.05) is 0 Å². The van der Waals surface area contributed by atoms with Crippen LogP contribution in [0.25, 0.3) is 0 Å². The first-order valence-corrected chi connectivity index (χ1v) is 9.14. The highest BCUT2D eigenvalue weighted by Gasteiger charge is 2.54. The second kappa shape index (κ2) is 5.48. The molecule has 0 spiro atoms. The Morgan fingerprint density at radius 1 is 1.29 bits per heavy atom. The van der Waals surface area contributed by atoms with Crippen LogP contribution in [0.4, 0.5) is 0 Å². The molecule has 1 amide bonds. The lowest BCUT2D eigenvalue weighted by Gasteiger charge is -2.50. The number of carbonyl (C=O) groups excluding carboxylic acids is 1. The Bertz CT molecular complexity index is 686. The highest BCUT2D eigenvalue weighted by molar-refractivity contribution is 5.96. The highest BCUT2D eigenvalue weighted by Crippen LogP contribution is 2.61. The van der Waals surface area contributed by atoms with Crippen molar-refractivity contribution in [2.24, 2.45) is 23.0 Å². The molecule has 3 N–H and O–H groups in total. The average Bonchev–Trinajstić information content (AvgIpc) is 2.88. The lowest BCUT2D eigenvalue weighted by Crippen LogP contribution is -2.44. The molecule has 0 radical (unpaired) electrons. The summed E-state index contributed by atoms with van der Waals surface area (Å²) in [6, 6.07) is 4.00. The number of hydrogen-bond donors (Lipinski definition) is 2. The predicted octanol–water partition coefficient (Wildman–Crippen LogP) is 3.01. The molecule has 2 saturated carbocycles. The molecule has 0 aliphatic heterocycles. The van der Waals surface area contributed by atoms with Crippen molar-refractivity contribution >= 4 is 5.91 Å². The van der Waals surface area contributed by atoms with Gasteiger partial charge in [-0.05, 0) is 85.0 Å². The van der Waals surface area contributed by atoms with Crippen molar-refractivity contribution in [1.29, 1.82) is 0 Å². The number of methoxy groups -OCH3 is 1. The number of carbonyl (C=O) groups is 1.